The van der Waals surface area contributed by atoms with Gasteiger partial charge in [0.2, 0.25) is 0 Å². The fraction of sp³-hybridized carbons (Fsp3) is 0.125. The highest BCUT2D eigenvalue weighted by Gasteiger charge is 2.18. The van der Waals surface area contributed by atoms with Crippen LogP contribution in [0.4, 0.5) is 11.4 Å². The quantitative estimate of drug-likeness (QED) is 0.437. The van der Waals surface area contributed by atoms with Crippen molar-refractivity contribution in [2.75, 3.05) is 18.2 Å². The lowest BCUT2D eigenvalue weighted by molar-refractivity contribution is -0.384. The molecule has 11 heteroatoms. The van der Waals surface area contributed by atoms with Crippen LogP contribution < -0.4 is 5.32 Å². The van der Waals surface area contributed by atoms with Gasteiger partial charge >= 0.3 is 5.97 Å². The molecule has 0 radical (unpaired) electrons. The minimum atomic E-state index is -3.55. The van der Waals surface area contributed by atoms with Crippen LogP contribution in [0, 0.1) is 10.1 Å². The number of anilines is 1. The van der Waals surface area contributed by atoms with Crippen LogP contribution in [0.3, 0.4) is 0 Å². The van der Waals surface area contributed by atoms with Gasteiger partial charge in [0, 0.05) is 24.1 Å². The van der Waals surface area contributed by atoms with Crippen LogP contribution in [-0.2, 0) is 19.4 Å². The molecule has 0 atom stereocenters. The van der Waals surface area contributed by atoms with E-state index in [0.29, 0.717) is 0 Å². The van der Waals surface area contributed by atoms with E-state index in [1.54, 1.807) is 0 Å². The van der Waals surface area contributed by atoms with Crippen molar-refractivity contribution in [3.63, 3.8) is 0 Å². The standard InChI is InChI=1S/C16H13ClN2O7S/c1-27(24,25)12-6-7-14(17)13(8-12)16(21)26-9-15(20)18-10-2-4-11(5-3-10)19(22)23/h2-8H,9H2,1H3,(H,18,20). The Morgan fingerprint density at radius 3 is 2.37 bits per heavy atom. The Morgan fingerprint density at radius 2 is 1.81 bits per heavy atom. The summed E-state index contributed by atoms with van der Waals surface area (Å²) in [7, 11) is -3.55. The number of non-ortho nitro benzene ring substituents is 1. The van der Waals surface area contributed by atoms with Crippen LogP contribution in [0.5, 0.6) is 0 Å². The third-order valence-corrected chi connectivity index (χ3v) is 4.72. The van der Waals surface area contributed by atoms with Gasteiger partial charge in [-0.1, -0.05) is 11.6 Å². The van der Waals surface area contributed by atoms with Crippen LogP contribution in [0.2, 0.25) is 5.02 Å². The lowest BCUT2D eigenvalue weighted by Gasteiger charge is -2.08. The number of carbonyl (C=O) groups excluding carboxylic acids is 2. The van der Waals surface area contributed by atoms with Crippen molar-refractivity contribution in [1.29, 1.82) is 0 Å². The van der Waals surface area contributed by atoms with Gasteiger partial charge in [-0.25, -0.2) is 13.2 Å². The molecule has 0 bridgehead atoms. The Labute approximate surface area is 159 Å². The molecule has 0 saturated heterocycles. The summed E-state index contributed by atoms with van der Waals surface area (Å²) in [6.45, 7) is -0.657. The van der Waals surface area contributed by atoms with Gasteiger partial charge in [-0.2, -0.15) is 0 Å². The Balaban J connectivity index is 2.01. The maximum atomic E-state index is 12.1. The van der Waals surface area contributed by atoms with Gasteiger partial charge in [0.25, 0.3) is 11.6 Å². The van der Waals surface area contributed by atoms with E-state index < -0.39 is 33.2 Å². The molecule has 0 aliphatic rings. The summed E-state index contributed by atoms with van der Waals surface area (Å²) in [5.74, 6) is -1.66. The number of nitrogens with zero attached hydrogens (tertiary/aromatic N) is 1. The number of halogens is 1. The monoisotopic (exact) mass is 412 g/mol. The molecule has 2 rings (SSSR count). The third kappa shape index (κ3) is 5.50. The molecular formula is C16H13ClN2O7S. The molecule has 0 fully saturated rings. The van der Waals surface area contributed by atoms with E-state index in [1.807, 2.05) is 0 Å². The van der Waals surface area contributed by atoms with Crippen molar-refractivity contribution in [3.05, 3.63) is 63.2 Å². The lowest BCUT2D eigenvalue weighted by atomic mass is 10.2. The van der Waals surface area contributed by atoms with E-state index >= 15 is 0 Å². The van der Waals surface area contributed by atoms with E-state index in [9.17, 15) is 28.1 Å². The molecule has 0 spiro atoms. The number of nitrogens with one attached hydrogen (secondary N) is 1. The molecule has 27 heavy (non-hydrogen) atoms. The number of carbonyl (C=O) groups is 2. The number of benzene rings is 2. The molecule has 0 aromatic heterocycles. The number of sulfone groups is 1. The Kier molecular flexibility index (Phi) is 6.13. The van der Waals surface area contributed by atoms with E-state index in [-0.39, 0.29) is 26.9 Å². The average molecular weight is 413 g/mol. The zero-order valence-corrected chi connectivity index (χ0v) is 15.4. The molecule has 9 nitrogen and oxygen atoms in total. The van der Waals surface area contributed by atoms with E-state index in [1.165, 1.54) is 36.4 Å². The first kappa shape index (κ1) is 20.3. The second-order valence-electron chi connectivity index (χ2n) is 5.34. The summed E-state index contributed by atoms with van der Waals surface area (Å²) in [5, 5.41) is 12.9. The van der Waals surface area contributed by atoms with Crippen molar-refractivity contribution >= 4 is 44.7 Å². The second-order valence-corrected chi connectivity index (χ2v) is 7.77. The highest BCUT2D eigenvalue weighted by molar-refractivity contribution is 7.90. The zero-order chi connectivity index (χ0) is 20.2. The zero-order valence-electron chi connectivity index (χ0n) is 13.8. The van der Waals surface area contributed by atoms with Crippen LogP contribution >= 0.6 is 11.6 Å². The fourth-order valence-electron chi connectivity index (χ4n) is 1.96. The van der Waals surface area contributed by atoms with Crippen molar-refractivity contribution in [3.8, 4) is 0 Å². The smallest absolute Gasteiger partial charge is 0.340 e. The SMILES string of the molecule is CS(=O)(=O)c1ccc(Cl)c(C(=O)OCC(=O)Nc2ccc([N+](=O)[O-])cc2)c1. The van der Waals surface area contributed by atoms with Gasteiger partial charge in [0.1, 0.15) is 0 Å². The Bertz CT molecular complexity index is 1000. The molecule has 0 aliphatic heterocycles. The number of esters is 1. The van der Waals surface area contributed by atoms with Gasteiger partial charge in [-0.3, -0.25) is 14.9 Å². The number of nitro groups is 1. The number of amides is 1. The molecular weight excluding hydrogens is 400 g/mol. The van der Waals surface area contributed by atoms with Crippen LogP contribution in [0.15, 0.2) is 47.4 Å². The number of nitro benzene ring substituents is 1. The summed E-state index contributed by atoms with van der Waals surface area (Å²) in [5.41, 5.74) is -0.0543. The predicted molar refractivity (Wildman–Crippen MR) is 96.6 cm³/mol. The van der Waals surface area contributed by atoms with Gasteiger partial charge in [0.05, 0.1) is 20.4 Å². The fourth-order valence-corrected chi connectivity index (χ4v) is 2.81. The largest absolute Gasteiger partial charge is 0.452 e. The average Bonchev–Trinajstić information content (AvgIpc) is 2.59. The first-order valence-electron chi connectivity index (χ1n) is 7.29. The highest BCUT2D eigenvalue weighted by Crippen LogP contribution is 2.21. The van der Waals surface area contributed by atoms with Crippen molar-refractivity contribution in [2.45, 2.75) is 4.90 Å². The topological polar surface area (TPSA) is 133 Å². The molecule has 2 aromatic carbocycles. The maximum Gasteiger partial charge on any atom is 0.340 e. The second kappa shape index (κ2) is 8.14. The van der Waals surface area contributed by atoms with Crippen LogP contribution in [0.1, 0.15) is 10.4 Å². The van der Waals surface area contributed by atoms with Gasteiger partial charge in [-0.05, 0) is 30.3 Å². The number of hydrogen-bond acceptors (Lipinski definition) is 7. The Morgan fingerprint density at radius 1 is 1.19 bits per heavy atom. The molecule has 1 N–H and O–H groups in total. The third-order valence-electron chi connectivity index (χ3n) is 3.28. The van der Waals surface area contributed by atoms with Crippen molar-refractivity contribution in [1.82, 2.24) is 0 Å². The summed E-state index contributed by atoms with van der Waals surface area (Å²) in [6, 6.07) is 8.61. The highest BCUT2D eigenvalue weighted by atomic mass is 35.5. The van der Waals surface area contributed by atoms with E-state index in [4.69, 9.17) is 16.3 Å². The predicted octanol–water partition coefficient (Wildman–Crippen LogP) is 2.45. The summed E-state index contributed by atoms with van der Waals surface area (Å²) in [4.78, 5) is 33.8. The van der Waals surface area contributed by atoms with Gasteiger partial charge in [0.15, 0.2) is 16.4 Å². The van der Waals surface area contributed by atoms with E-state index in [0.717, 1.165) is 12.3 Å². The van der Waals surface area contributed by atoms with Crippen molar-refractivity contribution in [2.24, 2.45) is 0 Å². The molecule has 2 aromatic rings. The normalized spacial score (nSPS) is 10.9. The maximum absolute atomic E-state index is 12.1. The first-order valence-corrected chi connectivity index (χ1v) is 9.56. The molecule has 1 amide bonds. The summed E-state index contributed by atoms with van der Waals surface area (Å²) < 4.78 is 27.9. The molecule has 0 aliphatic carbocycles. The lowest BCUT2D eigenvalue weighted by Crippen LogP contribution is -2.21. The van der Waals surface area contributed by atoms with Crippen LogP contribution in [0.25, 0.3) is 0 Å². The Hall–Kier alpha value is -2.98. The van der Waals surface area contributed by atoms with Crippen LogP contribution in [-0.4, -0.2) is 38.1 Å². The summed E-state index contributed by atoms with van der Waals surface area (Å²) >= 11 is 5.88. The molecule has 142 valence electrons. The number of ether oxygens (including phenoxy) is 1. The molecule has 0 heterocycles. The van der Waals surface area contributed by atoms with E-state index in [2.05, 4.69) is 5.32 Å². The van der Waals surface area contributed by atoms with Gasteiger partial charge in [-0.15, -0.1) is 0 Å². The number of hydrogen-bond donors (Lipinski definition) is 1. The minimum absolute atomic E-state index is 0.0248. The molecule has 0 unspecified atom stereocenters. The first-order chi connectivity index (χ1) is 12.6. The van der Waals surface area contributed by atoms with Gasteiger partial charge < -0.3 is 10.1 Å². The minimum Gasteiger partial charge on any atom is -0.452 e. The van der Waals surface area contributed by atoms with Crippen molar-refractivity contribution < 1.29 is 27.7 Å². The summed E-state index contributed by atoms with van der Waals surface area (Å²) in [6.07, 6.45) is 0.975. The molecule has 0 saturated carbocycles. The number of rotatable bonds is 6.